The molecule has 1 saturated heterocycles. The van der Waals surface area contributed by atoms with Crippen LogP contribution in [0.3, 0.4) is 0 Å². The second kappa shape index (κ2) is 10.2. The zero-order valence-electron chi connectivity index (χ0n) is 16.9. The summed E-state index contributed by atoms with van der Waals surface area (Å²) in [5.41, 5.74) is 2.60. The number of amides is 1. The Bertz CT molecular complexity index is 1200. The zero-order chi connectivity index (χ0) is 22.7. The van der Waals surface area contributed by atoms with Crippen LogP contribution in [0, 0.1) is 0 Å². The molecule has 1 aliphatic heterocycles. The minimum absolute atomic E-state index is 0.151. The number of methoxy groups -OCH3 is 1. The van der Waals surface area contributed by atoms with Gasteiger partial charge in [-0.25, -0.2) is 0 Å². The normalized spacial score (nSPS) is 14.8. The number of hydrogen-bond donors (Lipinski definition) is 0. The number of benzene rings is 3. The third-order valence-corrected chi connectivity index (χ3v) is 7.07. The molecule has 0 radical (unpaired) electrons. The predicted octanol–water partition coefficient (Wildman–Crippen LogP) is 7.21. The summed E-state index contributed by atoms with van der Waals surface area (Å²) in [4.78, 5) is 15.1. The van der Waals surface area contributed by atoms with Crippen molar-refractivity contribution in [2.45, 2.75) is 6.61 Å². The van der Waals surface area contributed by atoms with Crippen molar-refractivity contribution in [3.8, 4) is 11.5 Å². The highest BCUT2D eigenvalue weighted by Gasteiger charge is 2.33. The number of hydrogen-bond acceptors (Lipinski definition) is 5. The van der Waals surface area contributed by atoms with Crippen LogP contribution in [0.25, 0.3) is 6.08 Å². The van der Waals surface area contributed by atoms with Gasteiger partial charge in [-0.15, -0.1) is 0 Å². The summed E-state index contributed by atoms with van der Waals surface area (Å²) >= 11 is 13.7. The Hall–Kier alpha value is -2.13. The maximum absolute atomic E-state index is 13.0. The number of thiocarbonyl (C=S) groups is 1. The Morgan fingerprint density at radius 3 is 2.47 bits per heavy atom. The molecule has 1 amide bonds. The summed E-state index contributed by atoms with van der Waals surface area (Å²) in [6, 6.07) is 21.1. The third-order valence-electron chi connectivity index (χ3n) is 4.65. The summed E-state index contributed by atoms with van der Waals surface area (Å²) < 4.78 is 13.7. The monoisotopic (exact) mass is 589 g/mol. The molecular weight excluding hydrogens is 574 g/mol. The van der Waals surface area contributed by atoms with E-state index in [2.05, 4.69) is 31.9 Å². The molecule has 8 heteroatoms. The van der Waals surface area contributed by atoms with Crippen molar-refractivity contribution < 1.29 is 14.3 Å². The van der Waals surface area contributed by atoms with Gasteiger partial charge in [0.15, 0.2) is 15.8 Å². The van der Waals surface area contributed by atoms with Gasteiger partial charge in [0.2, 0.25) is 0 Å². The van der Waals surface area contributed by atoms with Crippen LogP contribution < -0.4 is 14.4 Å². The molecule has 4 nitrogen and oxygen atoms in total. The van der Waals surface area contributed by atoms with Crippen molar-refractivity contribution in [3.63, 3.8) is 0 Å². The van der Waals surface area contributed by atoms with Crippen LogP contribution in [-0.2, 0) is 11.4 Å². The van der Waals surface area contributed by atoms with E-state index in [0.29, 0.717) is 27.3 Å². The fourth-order valence-electron chi connectivity index (χ4n) is 3.12. The first-order chi connectivity index (χ1) is 15.5. The van der Waals surface area contributed by atoms with Crippen LogP contribution >= 0.6 is 55.8 Å². The van der Waals surface area contributed by atoms with Crippen molar-refractivity contribution in [1.82, 2.24) is 0 Å². The molecule has 0 unspecified atom stereocenters. The second-order valence-corrected chi connectivity index (χ2v) is 10.2. The molecule has 0 aromatic heterocycles. The van der Waals surface area contributed by atoms with Crippen LogP contribution in [0.2, 0.25) is 0 Å². The summed E-state index contributed by atoms with van der Waals surface area (Å²) in [5.74, 6) is 1.03. The van der Waals surface area contributed by atoms with Crippen LogP contribution in [-0.4, -0.2) is 17.3 Å². The predicted molar refractivity (Wildman–Crippen MR) is 141 cm³/mol. The zero-order valence-corrected chi connectivity index (χ0v) is 21.7. The average molecular weight is 591 g/mol. The number of carbonyl (C=O) groups excluding carboxylic acids is 1. The molecule has 0 aliphatic carbocycles. The van der Waals surface area contributed by atoms with E-state index in [-0.39, 0.29) is 5.91 Å². The first-order valence-corrected chi connectivity index (χ1v) is 12.3. The van der Waals surface area contributed by atoms with Crippen molar-refractivity contribution in [2.24, 2.45) is 0 Å². The molecular formula is C24H17Br2NO3S2. The van der Waals surface area contributed by atoms with E-state index >= 15 is 0 Å². The number of anilines is 1. The standard InChI is InChI=1S/C24H17Br2NO3S2/c1-29-20-12-16(11-19(26)22(20)30-14-15-5-3-2-4-6-15)13-21-23(28)27(24(31)32-21)18-9-7-17(25)8-10-18/h2-13H,14H2,1H3/b21-13+. The SMILES string of the molecule is COc1cc(/C=C2/SC(=S)N(c3ccc(Br)cc3)C2=O)cc(Br)c1OCc1ccccc1. The van der Waals surface area contributed by atoms with Gasteiger partial charge in [0.1, 0.15) is 6.61 Å². The highest BCUT2D eigenvalue weighted by Crippen LogP contribution is 2.40. The van der Waals surface area contributed by atoms with Crippen molar-refractivity contribution >= 4 is 77.8 Å². The van der Waals surface area contributed by atoms with E-state index in [0.717, 1.165) is 25.8 Å². The van der Waals surface area contributed by atoms with Crippen LogP contribution in [0.1, 0.15) is 11.1 Å². The Balaban J connectivity index is 1.58. The highest BCUT2D eigenvalue weighted by atomic mass is 79.9. The molecule has 1 heterocycles. The summed E-state index contributed by atoms with van der Waals surface area (Å²) in [5, 5.41) is 0. The lowest BCUT2D eigenvalue weighted by atomic mass is 10.1. The minimum atomic E-state index is -0.151. The molecule has 0 spiro atoms. The van der Waals surface area contributed by atoms with Crippen molar-refractivity contribution in [2.75, 3.05) is 12.0 Å². The van der Waals surface area contributed by atoms with E-state index in [1.807, 2.05) is 72.8 Å². The van der Waals surface area contributed by atoms with E-state index in [1.165, 1.54) is 11.8 Å². The number of carbonyl (C=O) groups is 1. The summed E-state index contributed by atoms with van der Waals surface area (Å²) in [7, 11) is 1.59. The lowest BCUT2D eigenvalue weighted by Gasteiger charge is -2.14. The molecule has 3 aromatic rings. The Morgan fingerprint density at radius 2 is 1.78 bits per heavy atom. The molecule has 0 bridgehead atoms. The van der Waals surface area contributed by atoms with Crippen LogP contribution in [0.4, 0.5) is 5.69 Å². The van der Waals surface area contributed by atoms with Gasteiger partial charge in [-0.3, -0.25) is 9.69 Å². The van der Waals surface area contributed by atoms with Gasteiger partial charge in [-0.05, 0) is 69.5 Å². The van der Waals surface area contributed by atoms with E-state index in [9.17, 15) is 4.79 Å². The van der Waals surface area contributed by atoms with Gasteiger partial charge in [0.05, 0.1) is 22.2 Å². The second-order valence-electron chi connectivity index (χ2n) is 6.80. The number of ether oxygens (including phenoxy) is 2. The fourth-order valence-corrected chi connectivity index (χ4v) is 5.26. The molecule has 0 atom stereocenters. The average Bonchev–Trinajstić information content (AvgIpc) is 3.06. The van der Waals surface area contributed by atoms with Gasteiger partial charge in [0.25, 0.3) is 5.91 Å². The molecule has 32 heavy (non-hydrogen) atoms. The topological polar surface area (TPSA) is 38.8 Å². The maximum atomic E-state index is 13.0. The Labute approximate surface area is 212 Å². The lowest BCUT2D eigenvalue weighted by molar-refractivity contribution is -0.113. The van der Waals surface area contributed by atoms with Gasteiger partial charge in [0, 0.05) is 4.47 Å². The number of nitrogens with zero attached hydrogens (tertiary/aromatic N) is 1. The van der Waals surface area contributed by atoms with Crippen LogP contribution in [0.5, 0.6) is 11.5 Å². The van der Waals surface area contributed by atoms with Crippen molar-refractivity contribution in [1.29, 1.82) is 0 Å². The first kappa shape index (κ1) is 23.0. The summed E-state index contributed by atoms with van der Waals surface area (Å²) in [6.07, 6.45) is 1.81. The van der Waals surface area contributed by atoms with Crippen molar-refractivity contribution in [3.05, 3.63) is 91.7 Å². The van der Waals surface area contributed by atoms with Gasteiger partial charge < -0.3 is 9.47 Å². The van der Waals surface area contributed by atoms with Gasteiger partial charge in [-0.2, -0.15) is 0 Å². The number of thioether (sulfide) groups is 1. The first-order valence-electron chi connectivity index (χ1n) is 9.54. The van der Waals surface area contributed by atoms with Gasteiger partial charge >= 0.3 is 0 Å². The maximum Gasteiger partial charge on any atom is 0.270 e. The molecule has 1 fully saturated rings. The fraction of sp³-hybridized carbons (Fsp3) is 0.0833. The third kappa shape index (κ3) is 5.09. The quantitative estimate of drug-likeness (QED) is 0.224. The number of rotatable bonds is 6. The largest absolute Gasteiger partial charge is 0.493 e. The van der Waals surface area contributed by atoms with Crippen LogP contribution in [0.15, 0.2) is 80.6 Å². The van der Waals surface area contributed by atoms with E-state index < -0.39 is 0 Å². The molecule has 3 aromatic carbocycles. The number of halogens is 2. The molecule has 0 N–H and O–H groups in total. The molecule has 1 aliphatic rings. The van der Waals surface area contributed by atoms with E-state index in [1.54, 1.807) is 12.0 Å². The Kier molecular flexibility index (Phi) is 7.35. The van der Waals surface area contributed by atoms with Gasteiger partial charge in [-0.1, -0.05) is 70.2 Å². The molecule has 0 saturated carbocycles. The smallest absolute Gasteiger partial charge is 0.270 e. The molecule has 4 rings (SSSR count). The van der Waals surface area contributed by atoms with E-state index in [4.69, 9.17) is 21.7 Å². The summed E-state index contributed by atoms with van der Waals surface area (Å²) in [6.45, 7) is 0.418. The Morgan fingerprint density at radius 1 is 1.06 bits per heavy atom. The molecule has 162 valence electrons. The minimum Gasteiger partial charge on any atom is -0.493 e. The lowest BCUT2D eigenvalue weighted by Crippen LogP contribution is -2.27. The highest BCUT2D eigenvalue weighted by molar-refractivity contribution is 9.10.